The van der Waals surface area contributed by atoms with Crippen LogP contribution in [0.3, 0.4) is 0 Å². The highest BCUT2D eigenvalue weighted by molar-refractivity contribution is 5.91. The molecule has 2 aromatic heterocycles. The van der Waals surface area contributed by atoms with Gasteiger partial charge in [-0.15, -0.1) is 0 Å². The SMILES string of the molecule is CCCc1cc(=O)[nH]c(-n2nc(C3CC3)cc2NC(=O)COC)n1. The van der Waals surface area contributed by atoms with E-state index in [2.05, 4.69) is 20.4 Å². The molecule has 1 saturated carbocycles. The summed E-state index contributed by atoms with van der Waals surface area (Å²) in [6, 6.07) is 3.32. The van der Waals surface area contributed by atoms with Crippen molar-refractivity contribution in [3.8, 4) is 5.95 Å². The van der Waals surface area contributed by atoms with Gasteiger partial charge in [0.1, 0.15) is 12.4 Å². The van der Waals surface area contributed by atoms with Crippen molar-refractivity contribution < 1.29 is 9.53 Å². The quantitative estimate of drug-likeness (QED) is 0.798. The summed E-state index contributed by atoms with van der Waals surface area (Å²) in [7, 11) is 1.46. The van der Waals surface area contributed by atoms with Crippen LogP contribution in [0, 0.1) is 0 Å². The van der Waals surface area contributed by atoms with Crippen LogP contribution in [0.5, 0.6) is 0 Å². The average molecular weight is 331 g/mol. The zero-order valence-electron chi connectivity index (χ0n) is 13.8. The molecule has 24 heavy (non-hydrogen) atoms. The monoisotopic (exact) mass is 331 g/mol. The Hall–Kier alpha value is -2.48. The fourth-order valence-electron chi connectivity index (χ4n) is 2.52. The number of rotatable bonds is 7. The summed E-state index contributed by atoms with van der Waals surface area (Å²) in [5.74, 6) is 0.921. The Morgan fingerprint density at radius 3 is 2.92 bits per heavy atom. The van der Waals surface area contributed by atoms with E-state index in [9.17, 15) is 9.59 Å². The number of amides is 1. The highest BCUT2D eigenvalue weighted by atomic mass is 16.5. The molecular weight excluding hydrogens is 310 g/mol. The second-order valence-electron chi connectivity index (χ2n) is 5.93. The smallest absolute Gasteiger partial charge is 0.252 e. The van der Waals surface area contributed by atoms with Crippen molar-refractivity contribution in [3.63, 3.8) is 0 Å². The van der Waals surface area contributed by atoms with E-state index in [0.29, 0.717) is 29.8 Å². The van der Waals surface area contributed by atoms with E-state index in [4.69, 9.17) is 4.74 Å². The van der Waals surface area contributed by atoms with Gasteiger partial charge in [0, 0.05) is 30.9 Å². The predicted octanol–water partition coefficient (Wildman–Crippen LogP) is 1.37. The summed E-state index contributed by atoms with van der Waals surface area (Å²) >= 11 is 0. The van der Waals surface area contributed by atoms with Gasteiger partial charge < -0.3 is 10.1 Å². The van der Waals surface area contributed by atoms with Gasteiger partial charge in [0.25, 0.3) is 11.5 Å². The van der Waals surface area contributed by atoms with Gasteiger partial charge in [0.2, 0.25) is 5.95 Å². The second-order valence-corrected chi connectivity index (χ2v) is 5.93. The number of carbonyl (C=O) groups excluding carboxylic acids is 1. The fraction of sp³-hybridized carbons (Fsp3) is 0.500. The van der Waals surface area contributed by atoms with Gasteiger partial charge >= 0.3 is 0 Å². The minimum atomic E-state index is -0.284. The number of H-pyrrole nitrogens is 1. The number of carbonyl (C=O) groups is 1. The van der Waals surface area contributed by atoms with Crippen molar-refractivity contribution in [3.05, 3.63) is 33.9 Å². The maximum absolute atomic E-state index is 11.9. The molecule has 0 saturated heterocycles. The van der Waals surface area contributed by atoms with Gasteiger partial charge in [-0.25, -0.2) is 4.98 Å². The molecular formula is C16H21N5O3. The minimum absolute atomic E-state index is 0.0518. The number of aryl methyl sites for hydroxylation is 1. The first-order valence-corrected chi connectivity index (χ1v) is 8.10. The number of hydrogen-bond donors (Lipinski definition) is 2. The van der Waals surface area contributed by atoms with E-state index in [1.807, 2.05) is 13.0 Å². The molecule has 3 rings (SSSR count). The minimum Gasteiger partial charge on any atom is -0.375 e. The number of aromatic nitrogens is 4. The largest absolute Gasteiger partial charge is 0.375 e. The van der Waals surface area contributed by atoms with E-state index >= 15 is 0 Å². The Balaban J connectivity index is 1.99. The Bertz CT molecular complexity index is 791. The highest BCUT2D eigenvalue weighted by Crippen LogP contribution is 2.40. The lowest BCUT2D eigenvalue weighted by molar-refractivity contribution is -0.119. The summed E-state index contributed by atoms with van der Waals surface area (Å²) in [5.41, 5.74) is 1.36. The standard InChI is InChI=1S/C16H21N5O3/c1-3-4-11-7-14(22)19-16(17-11)21-13(18-15(23)9-24-2)8-12(20-21)10-5-6-10/h7-8,10H,3-6,9H2,1-2H3,(H,18,23)(H,17,19,22). The second kappa shape index (κ2) is 6.96. The third-order valence-corrected chi connectivity index (χ3v) is 3.76. The summed E-state index contributed by atoms with van der Waals surface area (Å²) in [6.45, 7) is 1.97. The van der Waals surface area contributed by atoms with Crippen molar-refractivity contribution >= 4 is 11.7 Å². The third-order valence-electron chi connectivity index (χ3n) is 3.76. The first kappa shape index (κ1) is 16.4. The van der Waals surface area contributed by atoms with E-state index in [1.54, 1.807) is 0 Å². The van der Waals surface area contributed by atoms with Crippen LogP contribution in [-0.2, 0) is 16.0 Å². The Labute approximate surface area is 139 Å². The normalized spacial score (nSPS) is 13.9. The molecule has 0 unspecified atom stereocenters. The van der Waals surface area contributed by atoms with Crippen LogP contribution in [-0.4, -0.2) is 39.4 Å². The van der Waals surface area contributed by atoms with Crippen LogP contribution in [0.25, 0.3) is 5.95 Å². The number of methoxy groups -OCH3 is 1. The fourth-order valence-corrected chi connectivity index (χ4v) is 2.52. The molecule has 0 radical (unpaired) electrons. The summed E-state index contributed by atoms with van der Waals surface area (Å²) in [5, 5.41) is 7.28. The van der Waals surface area contributed by atoms with Crippen LogP contribution in [0.1, 0.15) is 43.5 Å². The molecule has 1 amide bonds. The van der Waals surface area contributed by atoms with Gasteiger partial charge in [0.05, 0.1) is 5.69 Å². The van der Waals surface area contributed by atoms with Crippen LogP contribution in [0.15, 0.2) is 16.9 Å². The van der Waals surface area contributed by atoms with Crippen LogP contribution >= 0.6 is 0 Å². The van der Waals surface area contributed by atoms with Crippen molar-refractivity contribution in [1.29, 1.82) is 0 Å². The molecule has 2 N–H and O–H groups in total. The van der Waals surface area contributed by atoms with Gasteiger partial charge in [0.15, 0.2) is 0 Å². The zero-order chi connectivity index (χ0) is 17.1. The van der Waals surface area contributed by atoms with E-state index < -0.39 is 0 Å². The lowest BCUT2D eigenvalue weighted by Gasteiger charge is -2.08. The molecule has 0 aliphatic heterocycles. The summed E-state index contributed by atoms with van der Waals surface area (Å²) < 4.78 is 6.33. The molecule has 0 bridgehead atoms. The number of nitrogens with one attached hydrogen (secondary N) is 2. The molecule has 8 heteroatoms. The number of ether oxygens (including phenoxy) is 1. The van der Waals surface area contributed by atoms with Crippen LogP contribution in [0.2, 0.25) is 0 Å². The number of nitrogens with zero attached hydrogens (tertiary/aromatic N) is 3. The van der Waals surface area contributed by atoms with Gasteiger partial charge in [-0.3, -0.25) is 14.6 Å². The topological polar surface area (TPSA) is 102 Å². The third kappa shape index (κ3) is 3.70. The number of aromatic amines is 1. The maximum Gasteiger partial charge on any atom is 0.252 e. The molecule has 2 heterocycles. The van der Waals surface area contributed by atoms with Crippen LogP contribution in [0.4, 0.5) is 5.82 Å². The first-order chi connectivity index (χ1) is 11.6. The van der Waals surface area contributed by atoms with Crippen molar-refractivity contribution in [1.82, 2.24) is 19.7 Å². The Morgan fingerprint density at radius 1 is 1.46 bits per heavy atom. The average Bonchev–Trinajstić information content (AvgIpc) is 3.29. The number of anilines is 1. The Kier molecular flexibility index (Phi) is 4.75. The maximum atomic E-state index is 11.9. The molecule has 1 aliphatic rings. The van der Waals surface area contributed by atoms with Crippen molar-refractivity contribution in [2.24, 2.45) is 0 Å². The predicted molar refractivity (Wildman–Crippen MR) is 88.5 cm³/mol. The Morgan fingerprint density at radius 2 is 2.25 bits per heavy atom. The van der Waals surface area contributed by atoms with E-state index in [0.717, 1.165) is 25.0 Å². The lowest BCUT2D eigenvalue weighted by atomic mass is 10.2. The van der Waals surface area contributed by atoms with Gasteiger partial charge in [-0.2, -0.15) is 9.78 Å². The molecule has 2 aromatic rings. The molecule has 1 fully saturated rings. The summed E-state index contributed by atoms with van der Waals surface area (Å²) in [4.78, 5) is 30.9. The molecule has 8 nitrogen and oxygen atoms in total. The lowest BCUT2D eigenvalue weighted by Crippen LogP contribution is -2.21. The molecule has 0 aromatic carbocycles. The highest BCUT2D eigenvalue weighted by Gasteiger charge is 2.28. The van der Waals surface area contributed by atoms with Crippen molar-refractivity contribution in [2.75, 3.05) is 19.0 Å². The van der Waals surface area contributed by atoms with Gasteiger partial charge in [-0.1, -0.05) is 13.3 Å². The van der Waals surface area contributed by atoms with Crippen molar-refractivity contribution in [2.45, 2.75) is 38.5 Å². The van der Waals surface area contributed by atoms with E-state index in [-0.39, 0.29) is 18.1 Å². The van der Waals surface area contributed by atoms with E-state index in [1.165, 1.54) is 17.9 Å². The molecule has 0 spiro atoms. The number of hydrogen-bond acceptors (Lipinski definition) is 5. The zero-order valence-corrected chi connectivity index (χ0v) is 13.8. The molecule has 1 aliphatic carbocycles. The molecule has 0 atom stereocenters. The summed E-state index contributed by atoms with van der Waals surface area (Å²) in [6.07, 6.45) is 3.77. The first-order valence-electron chi connectivity index (χ1n) is 8.10. The van der Waals surface area contributed by atoms with Gasteiger partial charge in [-0.05, 0) is 19.3 Å². The molecule has 128 valence electrons. The van der Waals surface area contributed by atoms with Crippen LogP contribution < -0.4 is 10.9 Å².